The number of Topliss-reactive ketones (excluding diaryl/α,β-unsaturated/α-hetero) is 1. The fraction of sp³-hybridized carbons (Fsp3) is 0.769. The maximum absolute atomic E-state index is 15.2. The van der Waals surface area contributed by atoms with Crippen molar-refractivity contribution in [1.82, 2.24) is 0 Å². The summed E-state index contributed by atoms with van der Waals surface area (Å²) < 4.78 is 16.7. The molecule has 2 bridgehead atoms. The summed E-state index contributed by atoms with van der Waals surface area (Å²) in [5, 5.41) is 34.3. The second-order valence-electron chi connectivity index (χ2n) is 15.5. The van der Waals surface area contributed by atoms with Crippen molar-refractivity contribution in [3.05, 3.63) is 23.3 Å². The van der Waals surface area contributed by atoms with Crippen LogP contribution in [0.4, 0.5) is 0 Å². The summed E-state index contributed by atoms with van der Waals surface area (Å²) in [6.45, 7) is 12.5. The van der Waals surface area contributed by atoms with Crippen LogP contribution in [0.25, 0.3) is 0 Å². The highest BCUT2D eigenvalue weighted by atomic mass is 16.6. The molecule has 0 amide bonds. The molecule has 1 spiro atoms. The lowest BCUT2D eigenvalue weighted by Crippen LogP contribution is -2.63. The van der Waals surface area contributed by atoms with Gasteiger partial charge in [0.2, 0.25) is 0 Å². The molecule has 4 unspecified atom stereocenters. The summed E-state index contributed by atoms with van der Waals surface area (Å²) in [6.07, 6.45) is 17.7. The van der Waals surface area contributed by atoms with E-state index in [0.717, 1.165) is 31.3 Å². The van der Waals surface area contributed by atoms with Crippen LogP contribution in [0, 0.1) is 52.6 Å². The van der Waals surface area contributed by atoms with Gasteiger partial charge in [0.1, 0.15) is 30.0 Å². The molecule has 0 aromatic carbocycles. The molecule has 48 heavy (non-hydrogen) atoms. The molecular weight excluding hydrogens is 612 g/mol. The van der Waals surface area contributed by atoms with Crippen molar-refractivity contribution >= 4 is 18.7 Å². The summed E-state index contributed by atoms with van der Waals surface area (Å²) in [5.74, 6) is -2.65. The van der Waals surface area contributed by atoms with Gasteiger partial charge >= 0.3 is 0 Å². The maximum atomic E-state index is 15.2. The molecule has 9 heteroatoms. The summed E-state index contributed by atoms with van der Waals surface area (Å²) >= 11 is 0. The van der Waals surface area contributed by atoms with Crippen molar-refractivity contribution in [3.63, 3.8) is 0 Å². The van der Waals surface area contributed by atoms with Gasteiger partial charge in [-0.3, -0.25) is 14.4 Å². The monoisotopic (exact) mass is 670 g/mol. The second kappa shape index (κ2) is 15.4. The van der Waals surface area contributed by atoms with Gasteiger partial charge < -0.3 is 29.5 Å². The van der Waals surface area contributed by atoms with Crippen LogP contribution in [-0.2, 0) is 28.6 Å². The van der Waals surface area contributed by atoms with Gasteiger partial charge in [-0.1, -0.05) is 103 Å². The van der Waals surface area contributed by atoms with E-state index in [2.05, 4.69) is 20.0 Å². The van der Waals surface area contributed by atoms with Crippen molar-refractivity contribution in [2.75, 3.05) is 6.61 Å². The highest BCUT2D eigenvalue weighted by Gasteiger charge is 2.83. The van der Waals surface area contributed by atoms with Gasteiger partial charge in [-0.2, -0.15) is 0 Å². The lowest BCUT2D eigenvalue weighted by molar-refractivity contribution is -0.181. The van der Waals surface area contributed by atoms with Crippen LogP contribution in [0.5, 0.6) is 0 Å². The Hall–Kier alpha value is -2.83. The molecule has 0 saturated heterocycles. The van der Waals surface area contributed by atoms with Crippen LogP contribution in [0.15, 0.2) is 23.3 Å². The SMILES string of the molecule is CCCCCCCCCCC[C@]1(C)C2C3C=C(COC#CO)[C@@H](O)[C@]4(O)[C@@H](CC(C)C(C)OC=O)C(C)=C[C@@]4(C3=O)[C@H](C)C[C@]21OC=O. The quantitative estimate of drug-likeness (QED) is 0.0637. The van der Waals surface area contributed by atoms with Gasteiger partial charge in [0.15, 0.2) is 18.0 Å². The Morgan fingerprint density at radius 2 is 1.71 bits per heavy atom. The number of ether oxygens (including phenoxy) is 3. The molecule has 0 aliphatic heterocycles. The molecule has 11 atom stereocenters. The average Bonchev–Trinajstić information content (AvgIpc) is 3.49. The smallest absolute Gasteiger partial charge is 0.293 e. The van der Waals surface area contributed by atoms with Gasteiger partial charge in [-0.05, 0) is 50.5 Å². The number of aliphatic hydroxyl groups excluding tert-OH is 2. The summed E-state index contributed by atoms with van der Waals surface area (Å²) in [7, 11) is 0. The molecule has 2 fully saturated rings. The molecule has 0 heterocycles. The predicted octanol–water partition coefficient (Wildman–Crippen LogP) is 6.17. The first-order valence-corrected chi connectivity index (χ1v) is 18.2. The van der Waals surface area contributed by atoms with E-state index in [4.69, 9.17) is 19.3 Å². The summed E-state index contributed by atoms with van der Waals surface area (Å²) in [4.78, 5) is 38.5. The molecule has 4 aliphatic carbocycles. The highest BCUT2D eigenvalue weighted by molar-refractivity contribution is 5.95. The van der Waals surface area contributed by atoms with Crippen LogP contribution >= 0.6 is 0 Å². The third kappa shape index (κ3) is 6.21. The number of fused-ring (bicyclic) bond motifs is 3. The van der Waals surface area contributed by atoms with E-state index in [1.165, 1.54) is 38.5 Å². The lowest BCUT2D eigenvalue weighted by atomic mass is 9.56. The zero-order valence-electron chi connectivity index (χ0n) is 29.8. The zero-order chi connectivity index (χ0) is 35.3. The number of carbonyl (C=O) groups excluding carboxylic acids is 3. The summed E-state index contributed by atoms with van der Waals surface area (Å²) in [6, 6.07) is 0. The average molecular weight is 671 g/mol. The van der Waals surface area contributed by atoms with Crippen LogP contribution in [-0.4, -0.2) is 64.1 Å². The molecule has 4 aliphatic rings. The lowest BCUT2D eigenvalue weighted by Gasteiger charge is -2.50. The topological polar surface area (TPSA) is 140 Å². The minimum atomic E-state index is -1.97. The standard InChI is InChI=1S/C39H58O9/c1-7-8-9-10-11-12-13-14-15-16-36(6)33-31-20-30(23-46-18-17-40)34(43)39(45)32(19-26(2)29(5)47-24-41)27(3)21-37(39,35(31)44)28(4)22-38(33,36)48-25-42/h20-21,24-26,28-29,31-34,40,43,45H,7-16,19,22-23H2,1-6H3/t26?,28-,29?,31?,32+,33?,34-,36-,37+,38+,39-/m1/s1. The molecule has 0 aromatic heterocycles. The minimum Gasteiger partial charge on any atom is -0.465 e. The van der Waals surface area contributed by atoms with E-state index in [1.807, 2.05) is 26.8 Å². The van der Waals surface area contributed by atoms with Crippen LogP contribution < -0.4 is 0 Å². The normalized spacial score (nSPS) is 37.6. The van der Waals surface area contributed by atoms with E-state index in [9.17, 15) is 19.8 Å². The number of hydrogen-bond donors (Lipinski definition) is 3. The molecule has 0 aromatic rings. The van der Waals surface area contributed by atoms with Crippen LogP contribution in [0.1, 0.15) is 119 Å². The van der Waals surface area contributed by atoms with E-state index in [0.29, 0.717) is 31.4 Å². The van der Waals surface area contributed by atoms with Gasteiger partial charge in [0.25, 0.3) is 12.9 Å². The van der Waals surface area contributed by atoms with Gasteiger partial charge in [-0.15, -0.1) is 0 Å². The third-order valence-electron chi connectivity index (χ3n) is 13.0. The Morgan fingerprint density at radius 1 is 1.06 bits per heavy atom. The Balaban J connectivity index is 1.71. The van der Waals surface area contributed by atoms with Gasteiger partial charge in [0, 0.05) is 23.2 Å². The Morgan fingerprint density at radius 3 is 2.31 bits per heavy atom. The van der Waals surface area contributed by atoms with Crippen LogP contribution in [0.2, 0.25) is 0 Å². The first-order chi connectivity index (χ1) is 22.9. The van der Waals surface area contributed by atoms with Gasteiger partial charge in [-0.25, -0.2) is 0 Å². The number of hydrogen-bond acceptors (Lipinski definition) is 9. The van der Waals surface area contributed by atoms with E-state index in [-0.39, 0.29) is 24.2 Å². The van der Waals surface area contributed by atoms with Crippen molar-refractivity contribution < 1.29 is 43.9 Å². The number of aliphatic hydroxyl groups is 3. The largest absolute Gasteiger partial charge is 0.465 e. The summed E-state index contributed by atoms with van der Waals surface area (Å²) in [5.41, 5.74) is -3.76. The number of carbonyl (C=O) groups is 3. The van der Waals surface area contributed by atoms with E-state index in [1.54, 1.807) is 19.1 Å². The van der Waals surface area contributed by atoms with Crippen molar-refractivity contribution in [2.45, 2.75) is 142 Å². The predicted molar refractivity (Wildman–Crippen MR) is 180 cm³/mol. The first kappa shape index (κ1) is 38.0. The molecule has 0 radical (unpaired) electrons. The molecule has 3 N–H and O–H groups in total. The number of unbranched alkanes of at least 4 members (excludes halogenated alkanes) is 8. The Labute approximate surface area is 286 Å². The van der Waals surface area contributed by atoms with Crippen molar-refractivity contribution in [1.29, 1.82) is 0 Å². The number of rotatable bonds is 19. The number of allylic oxidation sites excluding steroid dienone is 1. The fourth-order valence-corrected chi connectivity index (χ4v) is 10.2. The number of ketones is 1. The Kier molecular flexibility index (Phi) is 12.2. The molecular formula is C39H58O9. The van der Waals surface area contributed by atoms with E-state index < -0.39 is 52.0 Å². The highest BCUT2D eigenvalue weighted by Crippen LogP contribution is 2.77. The third-order valence-corrected chi connectivity index (χ3v) is 13.0. The molecule has 268 valence electrons. The first-order valence-electron chi connectivity index (χ1n) is 18.2. The molecule has 2 saturated carbocycles. The zero-order valence-corrected chi connectivity index (χ0v) is 29.8. The minimum absolute atomic E-state index is 0.191. The molecule has 4 rings (SSSR count). The van der Waals surface area contributed by atoms with Crippen LogP contribution in [0.3, 0.4) is 0 Å². The van der Waals surface area contributed by atoms with E-state index >= 15 is 4.79 Å². The van der Waals surface area contributed by atoms with Crippen molar-refractivity contribution in [2.24, 2.45) is 40.4 Å². The fourth-order valence-electron chi connectivity index (χ4n) is 10.2. The molecule has 9 nitrogen and oxygen atoms in total. The second-order valence-corrected chi connectivity index (χ2v) is 15.5. The Bertz CT molecular complexity index is 1300. The maximum Gasteiger partial charge on any atom is 0.293 e. The van der Waals surface area contributed by atoms with Gasteiger partial charge in [0.05, 0.1) is 5.41 Å². The van der Waals surface area contributed by atoms with Crippen molar-refractivity contribution in [3.8, 4) is 12.2 Å².